The van der Waals surface area contributed by atoms with E-state index >= 15 is 0 Å². The number of carboxylic acid groups (broad SMARTS) is 1. The second kappa shape index (κ2) is 3.29. The average Bonchev–Trinajstić information content (AvgIpc) is 2.71. The Bertz CT molecular complexity index is 434. The van der Waals surface area contributed by atoms with Gasteiger partial charge in [0.1, 0.15) is 5.69 Å². The van der Waals surface area contributed by atoms with Crippen molar-refractivity contribution in [1.82, 2.24) is 15.0 Å². The van der Waals surface area contributed by atoms with Gasteiger partial charge >= 0.3 is 5.97 Å². The molecule has 0 spiro atoms. The van der Waals surface area contributed by atoms with Crippen molar-refractivity contribution in [3.05, 3.63) is 36.3 Å². The molecule has 0 bridgehead atoms. The number of nitrogens with zero attached hydrogens (tertiary/aromatic N) is 2. The van der Waals surface area contributed by atoms with Crippen LogP contribution in [0.5, 0.6) is 0 Å². The highest BCUT2D eigenvalue weighted by molar-refractivity contribution is 5.87. The molecule has 0 aliphatic rings. The summed E-state index contributed by atoms with van der Waals surface area (Å²) in [7, 11) is 0. The zero-order valence-corrected chi connectivity index (χ0v) is 7.14. The molecule has 70 valence electrons. The monoisotopic (exact) mass is 189 g/mol. The van der Waals surface area contributed by atoms with E-state index in [1.165, 1.54) is 12.3 Å². The molecule has 0 amide bonds. The van der Waals surface area contributed by atoms with Crippen LogP contribution < -0.4 is 0 Å². The van der Waals surface area contributed by atoms with Gasteiger partial charge in [0.15, 0.2) is 5.82 Å². The molecule has 0 radical (unpaired) electrons. The van der Waals surface area contributed by atoms with Gasteiger partial charge in [-0.15, -0.1) is 0 Å². The first kappa shape index (κ1) is 8.43. The van der Waals surface area contributed by atoms with Gasteiger partial charge in [-0.05, 0) is 12.1 Å². The van der Waals surface area contributed by atoms with E-state index in [0.717, 1.165) is 0 Å². The van der Waals surface area contributed by atoms with Crippen LogP contribution in [0.25, 0.3) is 11.5 Å². The van der Waals surface area contributed by atoms with Crippen molar-refractivity contribution in [3.63, 3.8) is 0 Å². The minimum atomic E-state index is -0.983. The lowest BCUT2D eigenvalue weighted by atomic mass is 10.2. The summed E-state index contributed by atoms with van der Waals surface area (Å²) in [6.45, 7) is 0. The molecule has 2 rings (SSSR count). The van der Waals surface area contributed by atoms with Crippen LogP contribution >= 0.6 is 0 Å². The number of carbonyl (C=O) groups is 1. The van der Waals surface area contributed by atoms with E-state index in [1.54, 1.807) is 18.5 Å². The number of H-pyrrole nitrogens is 1. The van der Waals surface area contributed by atoms with Crippen molar-refractivity contribution in [2.45, 2.75) is 0 Å². The van der Waals surface area contributed by atoms with Crippen LogP contribution in [0, 0.1) is 0 Å². The summed E-state index contributed by atoms with van der Waals surface area (Å²) >= 11 is 0. The first-order valence-corrected chi connectivity index (χ1v) is 3.96. The van der Waals surface area contributed by atoms with Crippen molar-refractivity contribution in [2.75, 3.05) is 0 Å². The maximum atomic E-state index is 10.5. The molecule has 5 heteroatoms. The van der Waals surface area contributed by atoms with E-state index in [-0.39, 0.29) is 5.56 Å². The molecule has 2 heterocycles. The van der Waals surface area contributed by atoms with Gasteiger partial charge in [-0.25, -0.2) is 9.78 Å². The summed E-state index contributed by atoms with van der Waals surface area (Å²) in [6.07, 6.45) is 4.60. The van der Waals surface area contributed by atoms with E-state index in [2.05, 4.69) is 15.0 Å². The molecule has 0 unspecified atom stereocenters. The van der Waals surface area contributed by atoms with Crippen LogP contribution in [0.15, 0.2) is 30.7 Å². The Hall–Kier alpha value is -2.17. The number of nitrogens with one attached hydrogen (secondary N) is 1. The zero-order valence-electron chi connectivity index (χ0n) is 7.14. The maximum absolute atomic E-state index is 10.5. The zero-order chi connectivity index (χ0) is 9.97. The lowest BCUT2D eigenvalue weighted by Gasteiger charge is -1.96. The molecule has 0 aliphatic carbocycles. The molecule has 0 aromatic carbocycles. The van der Waals surface area contributed by atoms with Crippen molar-refractivity contribution in [2.24, 2.45) is 0 Å². The molecule has 0 saturated heterocycles. The molecule has 2 aromatic heterocycles. The van der Waals surface area contributed by atoms with Crippen LogP contribution in [0.1, 0.15) is 10.4 Å². The highest BCUT2D eigenvalue weighted by atomic mass is 16.4. The number of aromatic amines is 1. The summed E-state index contributed by atoms with van der Waals surface area (Å²) < 4.78 is 0. The van der Waals surface area contributed by atoms with Gasteiger partial charge in [0.25, 0.3) is 0 Å². The first-order chi connectivity index (χ1) is 6.77. The van der Waals surface area contributed by atoms with Gasteiger partial charge in [-0.2, -0.15) is 0 Å². The van der Waals surface area contributed by atoms with Gasteiger partial charge in [0, 0.05) is 18.6 Å². The second-order valence-corrected chi connectivity index (χ2v) is 2.68. The molecule has 0 atom stereocenters. The highest BCUT2D eigenvalue weighted by Crippen LogP contribution is 2.10. The number of carboxylic acids is 1. The van der Waals surface area contributed by atoms with Crippen molar-refractivity contribution in [3.8, 4) is 11.5 Å². The van der Waals surface area contributed by atoms with E-state index in [9.17, 15) is 4.79 Å². The van der Waals surface area contributed by atoms with Gasteiger partial charge < -0.3 is 10.1 Å². The molecule has 0 aliphatic heterocycles. The number of aromatic carboxylic acids is 1. The molecular formula is C9H7N3O2. The van der Waals surface area contributed by atoms with Crippen LogP contribution in [-0.2, 0) is 0 Å². The van der Waals surface area contributed by atoms with E-state index < -0.39 is 5.97 Å². The molecule has 14 heavy (non-hydrogen) atoms. The Labute approximate surface area is 79.5 Å². The van der Waals surface area contributed by atoms with Crippen LogP contribution in [0.4, 0.5) is 0 Å². The van der Waals surface area contributed by atoms with E-state index in [0.29, 0.717) is 11.5 Å². The first-order valence-electron chi connectivity index (χ1n) is 3.96. The van der Waals surface area contributed by atoms with Crippen LogP contribution in [0.3, 0.4) is 0 Å². The Balaban J connectivity index is 2.36. The molecule has 2 aromatic rings. The highest BCUT2D eigenvalue weighted by Gasteiger charge is 2.04. The number of aromatic nitrogens is 3. The Kier molecular flexibility index (Phi) is 1.98. The SMILES string of the molecule is O=C(O)c1ccc(-c2ncc[nH]2)nc1. The predicted molar refractivity (Wildman–Crippen MR) is 48.8 cm³/mol. The van der Waals surface area contributed by atoms with Crippen molar-refractivity contribution < 1.29 is 9.90 Å². The molecule has 2 N–H and O–H groups in total. The van der Waals surface area contributed by atoms with Gasteiger partial charge in [0.05, 0.1) is 5.56 Å². The fourth-order valence-electron chi connectivity index (χ4n) is 1.07. The Morgan fingerprint density at radius 3 is 2.71 bits per heavy atom. The number of hydrogen-bond donors (Lipinski definition) is 2. The minimum Gasteiger partial charge on any atom is -0.478 e. The number of hydrogen-bond acceptors (Lipinski definition) is 3. The van der Waals surface area contributed by atoms with E-state index in [1.807, 2.05) is 0 Å². The quantitative estimate of drug-likeness (QED) is 0.743. The second-order valence-electron chi connectivity index (χ2n) is 2.68. The lowest BCUT2D eigenvalue weighted by molar-refractivity contribution is 0.0696. The number of imidazole rings is 1. The van der Waals surface area contributed by atoms with E-state index in [4.69, 9.17) is 5.11 Å². The summed E-state index contributed by atoms with van der Waals surface area (Å²) in [5.74, 6) is -0.356. The summed E-state index contributed by atoms with van der Waals surface area (Å²) in [5.41, 5.74) is 0.792. The summed E-state index contributed by atoms with van der Waals surface area (Å²) in [4.78, 5) is 21.4. The molecule has 0 saturated carbocycles. The van der Waals surface area contributed by atoms with Crippen molar-refractivity contribution in [1.29, 1.82) is 0 Å². The largest absolute Gasteiger partial charge is 0.478 e. The molecular weight excluding hydrogens is 182 g/mol. The molecule has 0 fully saturated rings. The molecule has 5 nitrogen and oxygen atoms in total. The summed E-state index contributed by atoms with van der Waals surface area (Å²) in [6, 6.07) is 3.11. The maximum Gasteiger partial charge on any atom is 0.337 e. The standard InChI is InChI=1S/C9H7N3O2/c13-9(14)6-1-2-7(12-5-6)8-10-3-4-11-8/h1-5H,(H,10,11)(H,13,14). The minimum absolute atomic E-state index is 0.167. The third-order valence-corrected chi connectivity index (χ3v) is 1.75. The fraction of sp³-hybridized carbons (Fsp3) is 0. The Morgan fingerprint density at radius 2 is 2.21 bits per heavy atom. The van der Waals surface area contributed by atoms with Gasteiger partial charge in [-0.3, -0.25) is 4.98 Å². The van der Waals surface area contributed by atoms with Gasteiger partial charge in [-0.1, -0.05) is 0 Å². The van der Waals surface area contributed by atoms with Gasteiger partial charge in [0.2, 0.25) is 0 Å². The smallest absolute Gasteiger partial charge is 0.337 e. The number of rotatable bonds is 2. The normalized spacial score (nSPS) is 10.0. The van der Waals surface area contributed by atoms with Crippen LogP contribution in [-0.4, -0.2) is 26.0 Å². The predicted octanol–water partition coefficient (Wildman–Crippen LogP) is 1.17. The lowest BCUT2D eigenvalue weighted by Crippen LogP contribution is -1.97. The Morgan fingerprint density at radius 1 is 1.36 bits per heavy atom. The van der Waals surface area contributed by atoms with Crippen molar-refractivity contribution >= 4 is 5.97 Å². The third kappa shape index (κ3) is 1.47. The van der Waals surface area contributed by atoms with Crippen LogP contribution in [0.2, 0.25) is 0 Å². The summed E-state index contributed by atoms with van der Waals surface area (Å²) in [5, 5.41) is 8.64. The fourth-order valence-corrected chi connectivity index (χ4v) is 1.07. The average molecular weight is 189 g/mol. The topological polar surface area (TPSA) is 78.9 Å². The third-order valence-electron chi connectivity index (χ3n) is 1.75. The number of pyridine rings is 1.